The van der Waals surface area contributed by atoms with Gasteiger partial charge in [-0.05, 0) is 25.5 Å². The van der Waals surface area contributed by atoms with Gasteiger partial charge in [-0.2, -0.15) is 0 Å². The Morgan fingerprint density at radius 2 is 2.10 bits per heavy atom. The molecule has 0 aliphatic carbocycles. The van der Waals surface area contributed by atoms with Crippen molar-refractivity contribution in [2.75, 3.05) is 23.8 Å². The molecule has 2 N–H and O–H groups in total. The Balaban J connectivity index is 2.29. The van der Waals surface area contributed by atoms with Crippen molar-refractivity contribution in [1.29, 1.82) is 0 Å². The molecule has 1 amide bonds. The largest absolute Gasteiger partial charge is 0.397 e. The molecule has 2 rings (SSSR count). The fraction of sp³-hybridized carbons (Fsp3) is 0.462. The molecule has 116 valence electrons. The van der Waals surface area contributed by atoms with Crippen LogP contribution in [0.2, 0.25) is 10.0 Å². The van der Waals surface area contributed by atoms with Crippen LogP contribution in [0.15, 0.2) is 12.1 Å². The number of nitrogen functional groups attached to an aromatic ring is 1. The lowest BCUT2D eigenvalue weighted by molar-refractivity contribution is 0.0708. The van der Waals surface area contributed by atoms with Crippen molar-refractivity contribution in [3.63, 3.8) is 0 Å². The van der Waals surface area contributed by atoms with Gasteiger partial charge in [0.15, 0.2) is 9.84 Å². The van der Waals surface area contributed by atoms with Gasteiger partial charge in [0.25, 0.3) is 5.91 Å². The fourth-order valence-corrected chi connectivity index (χ4v) is 4.55. The van der Waals surface area contributed by atoms with Gasteiger partial charge in [-0.15, -0.1) is 0 Å². The van der Waals surface area contributed by atoms with E-state index in [0.717, 1.165) is 0 Å². The highest BCUT2D eigenvalue weighted by Crippen LogP contribution is 2.30. The molecule has 21 heavy (non-hydrogen) atoms. The molecule has 1 unspecified atom stereocenters. The Kier molecular flexibility index (Phi) is 4.70. The number of carbonyl (C=O) groups excluding carboxylic acids is 1. The summed E-state index contributed by atoms with van der Waals surface area (Å²) in [5.74, 6) is -0.168. The van der Waals surface area contributed by atoms with E-state index < -0.39 is 9.84 Å². The van der Waals surface area contributed by atoms with Gasteiger partial charge in [-0.25, -0.2) is 8.42 Å². The number of halogens is 2. The maximum absolute atomic E-state index is 12.6. The second kappa shape index (κ2) is 6.02. The van der Waals surface area contributed by atoms with Crippen molar-refractivity contribution >= 4 is 44.6 Å². The lowest BCUT2D eigenvalue weighted by Gasteiger charge is -2.27. The zero-order valence-corrected chi connectivity index (χ0v) is 13.8. The minimum atomic E-state index is -3.06. The number of nitrogens with two attached hydrogens (primary N) is 1. The van der Waals surface area contributed by atoms with E-state index in [2.05, 4.69) is 0 Å². The van der Waals surface area contributed by atoms with Crippen LogP contribution >= 0.6 is 23.2 Å². The molecule has 1 aliphatic rings. The van der Waals surface area contributed by atoms with Crippen LogP contribution in [0.5, 0.6) is 0 Å². The van der Waals surface area contributed by atoms with Crippen LogP contribution in [0.25, 0.3) is 0 Å². The maximum atomic E-state index is 12.6. The Hall–Kier alpha value is -0.980. The molecule has 0 saturated carbocycles. The molecule has 1 aliphatic heterocycles. The standard InChI is InChI=1S/C13H16Cl2N2O3S/c1-2-17(9-3-4-21(19,20)7-9)13(18)8-5-10(14)12(15)11(16)6-8/h5-6,9H,2-4,7,16H2,1H3. The van der Waals surface area contributed by atoms with E-state index in [-0.39, 0.29) is 39.2 Å². The summed E-state index contributed by atoms with van der Waals surface area (Å²) in [6.45, 7) is 2.23. The zero-order valence-electron chi connectivity index (χ0n) is 11.5. The molecule has 0 spiro atoms. The molecule has 1 aromatic carbocycles. The molecule has 0 bridgehead atoms. The van der Waals surface area contributed by atoms with Crippen molar-refractivity contribution in [1.82, 2.24) is 4.90 Å². The van der Waals surface area contributed by atoms with Gasteiger partial charge in [0.1, 0.15) is 0 Å². The molecule has 8 heteroatoms. The number of hydrogen-bond donors (Lipinski definition) is 1. The average Bonchev–Trinajstić information content (AvgIpc) is 2.76. The summed E-state index contributed by atoms with van der Waals surface area (Å²) >= 11 is 11.8. The zero-order chi connectivity index (χ0) is 15.8. The highest BCUT2D eigenvalue weighted by atomic mass is 35.5. The van der Waals surface area contributed by atoms with E-state index in [1.165, 1.54) is 12.1 Å². The first kappa shape index (κ1) is 16.4. The molecule has 5 nitrogen and oxygen atoms in total. The van der Waals surface area contributed by atoms with Crippen LogP contribution < -0.4 is 5.73 Å². The molecule has 1 aromatic rings. The highest BCUT2D eigenvalue weighted by Gasteiger charge is 2.34. The quantitative estimate of drug-likeness (QED) is 0.847. The molecular formula is C13H16Cl2N2O3S. The SMILES string of the molecule is CCN(C(=O)c1cc(N)c(Cl)c(Cl)c1)C1CCS(=O)(=O)C1. The van der Waals surface area contributed by atoms with Crippen molar-refractivity contribution in [3.05, 3.63) is 27.7 Å². The van der Waals surface area contributed by atoms with Crippen LogP contribution in [0.1, 0.15) is 23.7 Å². The second-order valence-electron chi connectivity index (χ2n) is 5.01. The number of anilines is 1. The van der Waals surface area contributed by atoms with Gasteiger partial charge in [0.2, 0.25) is 0 Å². The van der Waals surface area contributed by atoms with E-state index in [4.69, 9.17) is 28.9 Å². The smallest absolute Gasteiger partial charge is 0.254 e. The number of amides is 1. The predicted molar refractivity (Wildman–Crippen MR) is 84.6 cm³/mol. The maximum Gasteiger partial charge on any atom is 0.254 e. The summed E-state index contributed by atoms with van der Waals surface area (Å²) in [7, 11) is -3.06. The minimum Gasteiger partial charge on any atom is -0.397 e. The summed E-state index contributed by atoms with van der Waals surface area (Å²) in [5.41, 5.74) is 6.25. The Morgan fingerprint density at radius 1 is 1.43 bits per heavy atom. The Morgan fingerprint density at radius 3 is 2.57 bits per heavy atom. The van der Waals surface area contributed by atoms with Crippen molar-refractivity contribution < 1.29 is 13.2 Å². The van der Waals surface area contributed by atoms with E-state index in [1.54, 1.807) is 4.90 Å². The normalized spacial score (nSPS) is 20.4. The third kappa shape index (κ3) is 3.44. The summed E-state index contributed by atoms with van der Waals surface area (Å²) in [4.78, 5) is 14.1. The van der Waals surface area contributed by atoms with Gasteiger partial charge in [-0.1, -0.05) is 23.2 Å². The first-order valence-electron chi connectivity index (χ1n) is 6.51. The first-order valence-corrected chi connectivity index (χ1v) is 9.09. The van der Waals surface area contributed by atoms with Gasteiger partial charge in [-0.3, -0.25) is 4.79 Å². The van der Waals surface area contributed by atoms with Gasteiger partial charge in [0, 0.05) is 18.2 Å². The molecule has 1 atom stereocenters. The molecule has 1 heterocycles. The highest BCUT2D eigenvalue weighted by molar-refractivity contribution is 7.91. The lowest BCUT2D eigenvalue weighted by Crippen LogP contribution is -2.41. The topological polar surface area (TPSA) is 80.5 Å². The van der Waals surface area contributed by atoms with Crippen molar-refractivity contribution in [3.8, 4) is 0 Å². The summed E-state index contributed by atoms with van der Waals surface area (Å²) in [6.07, 6.45) is 0.457. The monoisotopic (exact) mass is 350 g/mol. The molecule has 1 saturated heterocycles. The third-order valence-electron chi connectivity index (χ3n) is 3.55. The number of rotatable bonds is 3. The fourth-order valence-electron chi connectivity index (χ4n) is 2.49. The van der Waals surface area contributed by atoms with Crippen molar-refractivity contribution in [2.24, 2.45) is 0 Å². The van der Waals surface area contributed by atoms with Crippen LogP contribution in [0.3, 0.4) is 0 Å². The summed E-state index contributed by atoms with van der Waals surface area (Å²) in [6, 6.07) is 2.61. The van der Waals surface area contributed by atoms with E-state index in [0.29, 0.717) is 18.5 Å². The average molecular weight is 351 g/mol. The van der Waals surface area contributed by atoms with Crippen LogP contribution in [0, 0.1) is 0 Å². The van der Waals surface area contributed by atoms with E-state index >= 15 is 0 Å². The molecular weight excluding hydrogens is 335 g/mol. The van der Waals surface area contributed by atoms with Crippen LogP contribution in [-0.2, 0) is 9.84 Å². The van der Waals surface area contributed by atoms with Gasteiger partial charge in [0.05, 0.1) is 27.2 Å². The minimum absolute atomic E-state index is 0.00336. The molecule has 0 radical (unpaired) electrons. The number of hydrogen-bond acceptors (Lipinski definition) is 4. The summed E-state index contributed by atoms with van der Waals surface area (Å²) in [5, 5.41) is 0.412. The number of benzene rings is 1. The van der Waals surface area contributed by atoms with Gasteiger partial charge >= 0.3 is 0 Å². The number of carbonyl (C=O) groups is 1. The summed E-state index contributed by atoms with van der Waals surface area (Å²) < 4.78 is 23.2. The Bertz CT molecular complexity index is 653. The lowest BCUT2D eigenvalue weighted by atomic mass is 10.1. The Labute approximate surface area is 133 Å². The van der Waals surface area contributed by atoms with E-state index in [9.17, 15) is 13.2 Å². The predicted octanol–water partition coefficient (Wildman–Crippen LogP) is 2.22. The van der Waals surface area contributed by atoms with Crippen molar-refractivity contribution in [2.45, 2.75) is 19.4 Å². The number of nitrogens with zero attached hydrogens (tertiary/aromatic N) is 1. The van der Waals surface area contributed by atoms with Gasteiger partial charge < -0.3 is 10.6 Å². The van der Waals surface area contributed by atoms with E-state index in [1.807, 2.05) is 6.92 Å². The molecule has 1 fully saturated rings. The second-order valence-corrected chi connectivity index (χ2v) is 8.02. The first-order chi connectivity index (χ1) is 9.75. The molecule has 0 aromatic heterocycles. The third-order valence-corrected chi connectivity index (χ3v) is 6.12. The number of sulfone groups is 1. The van der Waals surface area contributed by atoms with Crippen LogP contribution in [-0.4, -0.2) is 43.3 Å². The van der Waals surface area contributed by atoms with Crippen LogP contribution in [0.4, 0.5) is 5.69 Å².